The van der Waals surface area contributed by atoms with Gasteiger partial charge in [0, 0.05) is 18.3 Å². The average molecular weight is 269 g/mol. The van der Waals surface area contributed by atoms with Gasteiger partial charge >= 0.3 is 0 Å². The fourth-order valence-corrected chi connectivity index (χ4v) is 2.44. The summed E-state index contributed by atoms with van der Waals surface area (Å²) < 4.78 is 15.5. The van der Waals surface area contributed by atoms with Crippen molar-refractivity contribution < 1.29 is 4.39 Å². The van der Waals surface area contributed by atoms with Crippen LogP contribution >= 0.6 is 11.6 Å². The van der Waals surface area contributed by atoms with Crippen LogP contribution in [0.5, 0.6) is 0 Å². The molecule has 98 valence electrons. The van der Waals surface area contributed by atoms with Gasteiger partial charge in [0.15, 0.2) is 0 Å². The van der Waals surface area contributed by atoms with Crippen LogP contribution in [0.1, 0.15) is 38.6 Å². The molecule has 2 rings (SSSR count). The van der Waals surface area contributed by atoms with Crippen LogP contribution in [0.4, 0.5) is 4.39 Å². The summed E-state index contributed by atoms with van der Waals surface area (Å²) in [6, 6.07) is 5.05. The second-order valence-corrected chi connectivity index (χ2v) is 5.15. The van der Waals surface area contributed by atoms with Crippen molar-refractivity contribution in [3.63, 3.8) is 0 Å². The van der Waals surface area contributed by atoms with Crippen LogP contribution in [0.25, 0.3) is 11.0 Å². The number of alkyl halides is 1. The molecule has 18 heavy (non-hydrogen) atoms. The van der Waals surface area contributed by atoms with Crippen LogP contribution in [-0.4, -0.2) is 15.4 Å². The molecule has 0 amide bonds. The largest absolute Gasteiger partial charge is 0.325 e. The highest BCUT2D eigenvalue weighted by Crippen LogP contribution is 2.23. The van der Waals surface area contributed by atoms with Crippen molar-refractivity contribution in [1.82, 2.24) is 9.55 Å². The quantitative estimate of drug-likeness (QED) is 0.583. The van der Waals surface area contributed by atoms with Crippen molar-refractivity contribution in [3.8, 4) is 0 Å². The second kappa shape index (κ2) is 5.70. The van der Waals surface area contributed by atoms with Gasteiger partial charge in [0.2, 0.25) is 0 Å². The molecule has 0 aliphatic carbocycles. The molecule has 0 fully saturated rings. The Kier molecular flexibility index (Phi) is 4.23. The molecular formula is C14H18ClFN2. The summed E-state index contributed by atoms with van der Waals surface area (Å²) in [5.74, 6) is 1.49. The van der Waals surface area contributed by atoms with E-state index in [1.807, 2.05) is 0 Å². The van der Waals surface area contributed by atoms with Gasteiger partial charge in [-0.15, -0.1) is 11.6 Å². The number of benzene rings is 1. The van der Waals surface area contributed by atoms with Gasteiger partial charge in [0.25, 0.3) is 0 Å². The summed E-state index contributed by atoms with van der Waals surface area (Å²) in [7, 11) is 0. The first kappa shape index (κ1) is 13.3. The Bertz CT molecular complexity index is 534. The minimum absolute atomic E-state index is 0.211. The fourth-order valence-electron chi connectivity index (χ4n) is 2.25. The van der Waals surface area contributed by atoms with Gasteiger partial charge in [-0.25, -0.2) is 9.37 Å². The lowest BCUT2D eigenvalue weighted by molar-refractivity contribution is 0.572. The smallest absolute Gasteiger partial charge is 0.125 e. The highest BCUT2D eigenvalue weighted by atomic mass is 35.5. The van der Waals surface area contributed by atoms with E-state index in [1.165, 1.54) is 6.07 Å². The van der Waals surface area contributed by atoms with E-state index in [2.05, 4.69) is 23.4 Å². The Labute approximate surface area is 112 Å². The maximum atomic E-state index is 13.3. The van der Waals surface area contributed by atoms with Crippen LogP contribution in [0.3, 0.4) is 0 Å². The Morgan fingerprint density at radius 3 is 2.78 bits per heavy atom. The monoisotopic (exact) mass is 268 g/mol. The van der Waals surface area contributed by atoms with Gasteiger partial charge in [-0.3, -0.25) is 0 Å². The maximum Gasteiger partial charge on any atom is 0.125 e. The molecule has 0 saturated carbocycles. The van der Waals surface area contributed by atoms with Crippen molar-refractivity contribution in [1.29, 1.82) is 0 Å². The lowest BCUT2D eigenvalue weighted by Crippen LogP contribution is -2.06. The number of nitrogens with zero attached hydrogens (tertiary/aromatic N) is 2. The summed E-state index contributed by atoms with van der Waals surface area (Å²) in [5.41, 5.74) is 1.75. The number of imidazole rings is 1. The Hall–Kier alpha value is -1.09. The fraction of sp³-hybridized carbons (Fsp3) is 0.500. The molecule has 0 radical (unpaired) electrons. The van der Waals surface area contributed by atoms with E-state index >= 15 is 0 Å². The van der Waals surface area contributed by atoms with E-state index in [0.717, 1.165) is 36.1 Å². The zero-order valence-electron chi connectivity index (χ0n) is 10.8. The molecule has 4 heteroatoms. The van der Waals surface area contributed by atoms with Crippen LogP contribution in [0, 0.1) is 5.82 Å². The number of unbranched alkanes of at least 4 members (excludes halogenated alkanes) is 1. The van der Waals surface area contributed by atoms with Crippen LogP contribution in [0.2, 0.25) is 0 Å². The average Bonchev–Trinajstić information content (AvgIpc) is 2.67. The zero-order chi connectivity index (χ0) is 13.1. The molecule has 1 aromatic heterocycles. The highest BCUT2D eigenvalue weighted by Gasteiger charge is 2.13. The van der Waals surface area contributed by atoms with Crippen molar-refractivity contribution in [2.75, 3.05) is 5.88 Å². The molecule has 1 aromatic carbocycles. The number of hydrogen-bond acceptors (Lipinski definition) is 1. The predicted octanol–water partition coefficient (Wildman–Crippen LogP) is 4.32. The number of halogens is 2. The van der Waals surface area contributed by atoms with Gasteiger partial charge < -0.3 is 4.57 Å². The molecule has 2 aromatic rings. The van der Waals surface area contributed by atoms with Crippen molar-refractivity contribution >= 4 is 22.6 Å². The predicted molar refractivity (Wildman–Crippen MR) is 73.7 cm³/mol. The van der Waals surface area contributed by atoms with E-state index < -0.39 is 0 Å². The molecule has 1 heterocycles. The topological polar surface area (TPSA) is 17.8 Å². The van der Waals surface area contributed by atoms with Crippen molar-refractivity contribution in [2.45, 2.75) is 39.2 Å². The SMILES string of the molecule is CC(C)n1c(CCCCCl)nc2ccc(F)cc21. The summed E-state index contributed by atoms with van der Waals surface area (Å²) in [4.78, 5) is 4.60. The first-order valence-corrected chi connectivity index (χ1v) is 6.89. The molecule has 0 aliphatic heterocycles. The number of rotatable bonds is 5. The standard InChI is InChI=1S/C14H18ClFN2/c1-10(2)18-13-9-11(16)6-7-12(13)17-14(18)5-3-4-8-15/h6-7,9-10H,3-5,8H2,1-2H3. The second-order valence-electron chi connectivity index (χ2n) is 4.77. The number of hydrogen-bond donors (Lipinski definition) is 0. The number of aromatic nitrogens is 2. The normalized spacial score (nSPS) is 11.6. The molecule has 0 spiro atoms. The lowest BCUT2D eigenvalue weighted by Gasteiger charge is -2.12. The first-order chi connectivity index (χ1) is 8.63. The van der Waals surface area contributed by atoms with Crippen molar-refractivity contribution in [3.05, 3.63) is 29.8 Å². The van der Waals surface area contributed by atoms with Crippen LogP contribution < -0.4 is 0 Å². The van der Waals surface area contributed by atoms with E-state index in [-0.39, 0.29) is 11.9 Å². The molecule has 0 saturated heterocycles. The molecule has 0 N–H and O–H groups in total. The van der Waals surface area contributed by atoms with Crippen molar-refractivity contribution in [2.24, 2.45) is 0 Å². The van der Waals surface area contributed by atoms with E-state index in [1.54, 1.807) is 12.1 Å². The van der Waals surface area contributed by atoms with E-state index in [4.69, 9.17) is 11.6 Å². The van der Waals surface area contributed by atoms with Crippen LogP contribution in [0.15, 0.2) is 18.2 Å². The summed E-state index contributed by atoms with van der Waals surface area (Å²) in [6.45, 7) is 4.19. The first-order valence-electron chi connectivity index (χ1n) is 6.36. The summed E-state index contributed by atoms with van der Waals surface area (Å²) in [5, 5.41) is 0. The third-order valence-electron chi connectivity index (χ3n) is 3.02. The molecular weight excluding hydrogens is 251 g/mol. The maximum absolute atomic E-state index is 13.3. The lowest BCUT2D eigenvalue weighted by atomic mass is 10.2. The molecule has 0 aliphatic rings. The van der Waals surface area contributed by atoms with Gasteiger partial charge in [-0.1, -0.05) is 0 Å². The Morgan fingerprint density at radius 1 is 1.33 bits per heavy atom. The number of fused-ring (bicyclic) bond motifs is 1. The van der Waals surface area contributed by atoms with Gasteiger partial charge in [-0.2, -0.15) is 0 Å². The molecule has 0 atom stereocenters. The van der Waals surface area contributed by atoms with Gasteiger partial charge in [-0.05, 0) is 44.9 Å². The highest BCUT2D eigenvalue weighted by molar-refractivity contribution is 6.17. The summed E-state index contributed by atoms with van der Waals surface area (Å²) in [6.07, 6.45) is 2.89. The zero-order valence-corrected chi connectivity index (χ0v) is 11.5. The third-order valence-corrected chi connectivity index (χ3v) is 3.29. The number of aryl methyl sites for hydroxylation is 1. The van der Waals surface area contributed by atoms with E-state index in [9.17, 15) is 4.39 Å². The Balaban J connectivity index is 2.41. The summed E-state index contributed by atoms with van der Waals surface area (Å²) >= 11 is 5.69. The Morgan fingerprint density at radius 2 is 2.11 bits per heavy atom. The molecule has 0 unspecified atom stereocenters. The van der Waals surface area contributed by atoms with Crippen LogP contribution in [-0.2, 0) is 6.42 Å². The minimum Gasteiger partial charge on any atom is -0.325 e. The molecule has 0 bridgehead atoms. The van der Waals surface area contributed by atoms with Gasteiger partial charge in [0.05, 0.1) is 11.0 Å². The third kappa shape index (κ3) is 2.66. The molecule has 2 nitrogen and oxygen atoms in total. The van der Waals surface area contributed by atoms with E-state index in [0.29, 0.717) is 5.88 Å². The minimum atomic E-state index is -0.211. The van der Waals surface area contributed by atoms with Gasteiger partial charge in [0.1, 0.15) is 11.6 Å².